The Hall–Kier alpha value is -3.65. The van der Waals surface area contributed by atoms with E-state index in [2.05, 4.69) is 44.5 Å². The molecule has 5 rings (SSSR count). The fourth-order valence-electron chi connectivity index (χ4n) is 4.70. The predicted octanol–water partition coefficient (Wildman–Crippen LogP) is 3.66. The number of nitrogens with one attached hydrogen (secondary N) is 1. The molecule has 2 aliphatic heterocycles. The highest BCUT2D eigenvalue weighted by Crippen LogP contribution is 2.29. The number of ether oxygens (including phenoxy) is 1. The molecule has 1 fully saturated rings. The summed E-state index contributed by atoms with van der Waals surface area (Å²) in [5.74, 6) is 1.88. The van der Waals surface area contributed by atoms with Crippen LogP contribution in [0.5, 0.6) is 5.75 Å². The van der Waals surface area contributed by atoms with Gasteiger partial charge in [0.1, 0.15) is 23.2 Å². The average molecular weight is 473 g/mol. The molecule has 1 aromatic heterocycles. The zero-order chi connectivity index (χ0) is 24.2. The summed E-state index contributed by atoms with van der Waals surface area (Å²) in [4.78, 5) is 28.6. The summed E-state index contributed by atoms with van der Waals surface area (Å²) in [7, 11) is 1.96. The quantitative estimate of drug-likeness (QED) is 0.563. The van der Waals surface area contributed by atoms with E-state index in [1.54, 1.807) is 11.1 Å². The number of fused-ring (bicyclic) bond motifs is 1. The molecular weight excluding hydrogens is 440 g/mol. The second-order valence-electron chi connectivity index (χ2n) is 9.09. The Labute approximate surface area is 206 Å². The summed E-state index contributed by atoms with van der Waals surface area (Å²) in [6.07, 6.45) is 2.75. The van der Waals surface area contributed by atoms with Gasteiger partial charge in [-0.3, -0.25) is 9.69 Å². The summed E-state index contributed by atoms with van der Waals surface area (Å²) in [6.45, 7) is 6.79. The molecule has 3 aromatic rings. The summed E-state index contributed by atoms with van der Waals surface area (Å²) in [5, 5.41) is 3.12. The topological polar surface area (TPSA) is 73.8 Å². The number of carbonyl (C=O) groups is 1. The third-order valence-corrected chi connectivity index (χ3v) is 6.51. The van der Waals surface area contributed by atoms with E-state index < -0.39 is 0 Å². The molecular formula is C27H32N6O2. The third kappa shape index (κ3) is 5.22. The number of hydrogen-bond acceptors (Lipinski definition) is 7. The Morgan fingerprint density at radius 1 is 1.09 bits per heavy atom. The van der Waals surface area contributed by atoms with Crippen LogP contribution in [0.15, 0.2) is 60.8 Å². The van der Waals surface area contributed by atoms with Crippen molar-refractivity contribution in [2.75, 3.05) is 54.9 Å². The number of likely N-dealkylation sites (tertiary alicyclic amines) is 1. The Balaban J connectivity index is 1.28. The van der Waals surface area contributed by atoms with Crippen molar-refractivity contribution < 1.29 is 9.53 Å². The maximum absolute atomic E-state index is 13.5. The molecule has 0 spiro atoms. The maximum atomic E-state index is 13.5. The summed E-state index contributed by atoms with van der Waals surface area (Å²) < 4.78 is 6.35. The Kier molecular flexibility index (Phi) is 6.81. The van der Waals surface area contributed by atoms with Gasteiger partial charge in [0.25, 0.3) is 5.91 Å². The summed E-state index contributed by atoms with van der Waals surface area (Å²) >= 11 is 0. The molecule has 8 heteroatoms. The van der Waals surface area contributed by atoms with Crippen molar-refractivity contribution in [3.05, 3.63) is 71.9 Å². The number of hydrogen-bond donors (Lipinski definition) is 1. The Morgan fingerprint density at radius 3 is 2.77 bits per heavy atom. The van der Waals surface area contributed by atoms with Gasteiger partial charge in [0.05, 0.1) is 0 Å². The van der Waals surface area contributed by atoms with Crippen LogP contribution in [0.1, 0.15) is 29.3 Å². The molecule has 3 heterocycles. The van der Waals surface area contributed by atoms with Crippen molar-refractivity contribution in [3.8, 4) is 5.75 Å². The molecule has 0 radical (unpaired) electrons. The van der Waals surface area contributed by atoms with Crippen LogP contribution in [-0.4, -0.2) is 66.7 Å². The molecule has 0 aliphatic carbocycles. The number of aromatic nitrogens is 2. The zero-order valence-corrected chi connectivity index (χ0v) is 20.4. The van der Waals surface area contributed by atoms with Gasteiger partial charge in [-0.15, -0.1) is 0 Å². The SMILES string of the molecule is CCNc1ncc2c(n1)N(C)CCN(c1cccc(OC3CCN(Cc4ccccc4)C3)c1)C2=O. The van der Waals surface area contributed by atoms with Gasteiger partial charge in [-0.2, -0.15) is 4.98 Å². The minimum atomic E-state index is -0.0977. The lowest BCUT2D eigenvalue weighted by Gasteiger charge is -2.22. The molecule has 1 N–H and O–H groups in total. The smallest absolute Gasteiger partial charge is 0.263 e. The molecule has 8 nitrogen and oxygen atoms in total. The Morgan fingerprint density at radius 2 is 1.94 bits per heavy atom. The molecule has 1 amide bonds. The molecule has 2 aliphatic rings. The van der Waals surface area contributed by atoms with Crippen LogP contribution in [0.25, 0.3) is 0 Å². The lowest BCUT2D eigenvalue weighted by molar-refractivity contribution is 0.0989. The highest BCUT2D eigenvalue weighted by atomic mass is 16.5. The number of anilines is 3. The minimum absolute atomic E-state index is 0.0977. The van der Waals surface area contributed by atoms with Gasteiger partial charge in [0, 0.05) is 64.3 Å². The number of carbonyl (C=O) groups excluding carboxylic acids is 1. The van der Waals surface area contributed by atoms with E-state index in [9.17, 15) is 4.79 Å². The van der Waals surface area contributed by atoms with E-state index in [1.807, 2.05) is 49.2 Å². The molecule has 1 saturated heterocycles. The molecule has 1 unspecified atom stereocenters. The highest BCUT2D eigenvalue weighted by molar-refractivity contribution is 6.09. The molecule has 1 atom stereocenters. The van der Waals surface area contributed by atoms with E-state index in [0.29, 0.717) is 30.4 Å². The number of benzene rings is 2. The van der Waals surface area contributed by atoms with Crippen LogP contribution in [0.2, 0.25) is 0 Å². The van der Waals surface area contributed by atoms with Crippen molar-refractivity contribution in [1.29, 1.82) is 0 Å². The van der Waals surface area contributed by atoms with Crippen molar-refractivity contribution >= 4 is 23.4 Å². The monoisotopic (exact) mass is 472 g/mol. The lowest BCUT2D eigenvalue weighted by atomic mass is 10.2. The van der Waals surface area contributed by atoms with Gasteiger partial charge < -0.3 is 19.9 Å². The van der Waals surface area contributed by atoms with Crippen LogP contribution in [0, 0.1) is 0 Å². The summed E-state index contributed by atoms with van der Waals surface area (Å²) in [6, 6.07) is 18.4. The van der Waals surface area contributed by atoms with E-state index in [0.717, 1.165) is 44.0 Å². The first-order valence-electron chi connectivity index (χ1n) is 12.3. The predicted molar refractivity (Wildman–Crippen MR) is 138 cm³/mol. The number of likely N-dealkylation sites (N-methyl/N-ethyl adjacent to an activating group) is 1. The van der Waals surface area contributed by atoms with E-state index in [4.69, 9.17) is 4.74 Å². The van der Waals surface area contributed by atoms with E-state index >= 15 is 0 Å². The van der Waals surface area contributed by atoms with Crippen LogP contribution < -0.4 is 19.9 Å². The highest BCUT2D eigenvalue weighted by Gasteiger charge is 2.29. The fraction of sp³-hybridized carbons (Fsp3) is 0.370. The van der Waals surface area contributed by atoms with Crippen LogP contribution in [0.3, 0.4) is 0 Å². The third-order valence-electron chi connectivity index (χ3n) is 6.51. The Bertz CT molecular complexity index is 1170. The van der Waals surface area contributed by atoms with Gasteiger partial charge in [-0.05, 0) is 31.0 Å². The first-order valence-corrected chi connectivity index (χ1v) is 12.3. The van der Waals surface area contributed by atoms with E-state index in [1.165, 1.54) is 5.56 Å². The van der Waals surface area contributed by atoms with Gasteiger partial charge >= 0.3 is 0 Å². The van der Waals surface area contributed by atoms with Crippen LogP contribution in [-0.2, 0) is 6.54 Å². The average Bonchev–Trinajstić information content (AvgIpc) is 3.26. The number of nitrogens with zero attached hydrogens (tertiary/aromatic N) is 5. The normalized spacial score (nSPS) is 18.3. The molecule has 2 aromatic carbocycles. The minimum Gasteiger partial charge on any atom is -0.489 e. The van der Waals surface area contributed by atoms with Crippen molar-refractivity contribution in [1.82, 2.24) is 14.9 Å². The first kappa shape index (κ1) is 23.1. The number of rotatable bonds is 7. The molecule has 182 valence electrons. The standard InChI is InChI=1S/C27H32N6O2/c1-3-28-27-29-17-24-25(30-27)31(2)14-15-33(26(24)34)21-10-7-11-22(16-21)35-23-12-13-32(19-23)18-20-8-5-4-6-9-20/h4-11,16-17,23H,3,12-15,18-19H2,1-2H3,(H,28,29,30). The lowest BCUT2D eigenvalue weighted by Crippen LogP contribution is -2.33. The van der Waals surface area contributed by atoms with Gasteiger partial charge in [0.2, 0.25) is 5.95 Å². The van der Waals surface area contributed by atoms with Gasteiger partial charge in [0.15, 0.2) is 0 Å². The molecule has 35 heavy (non-hydrogen) atoms. The van der Waals surface area contributed by atoms with Crippen LogP contribution in [0.4, 0.5) is 17.5 Å². The summed E-state index contributed by atoms with van der Waals surface area (Å²) in [5.41, 5.74) is 2.65. The fourth-order valence-corrected chi connectivity index (χ4v) is 4.70. The molecule has 0 bridgehead atoms. The second-order valence-corrected chi connectivity index (χ2v) is 9.09. The van der Waals surface area contributed by atoms with Crippen molar-refractivity contribution in [3.63, 3.8) is 0 Å². The number of amides is 1. The largest absolute Gasteiger partial charge is 0.489 e. The van der Waals surface area contributed by atoms with Crippen molar-refractivity contribution in [2.24, 2.45) is 0 Å². The zero-order valence-electron chi connectivity index (χ0n) is 20.4. The second kappa shape index (κ2) is 10.3. The van der Waals surface area contributed by atoms with Gasteiger partial charge in [-0.1, -0.05) is 36.4 Å². The van der Waals surface area contributed by atoms with Crippen molar-refractivity contribution in [2.45, 2.75) is 26.0 Å². The first-order chi connectivity index (χ1) is 17.1. The maximum Gasteiger partial charge on any atom is 0.263 e. The van der Waals surface area contributed by atoms with Crippen LogP contribution >= 0.6 is 0 Å². The molecule has 0 saturated carbocycles. The van der Waals surface area contributed by atoms with E-state index in [-0.39, 0.29) is 12.0 Å². The van der Waals surface area contributed by atoms with Gasteiger partial charge in [-0.25, -0.2) is 4.98 Å².